The minimum Gasteiger partial charge on any atom is 1.00 e. The van der Waals surface area contributed by atoms with E-state index in [9.17, 15) is 0 Å². The van der Waals surface area contributed by atoms with Crippen molar-refractivity contribution < 1.29 is 53.8 Å². The molecule has 0 atom stereocenters. The van der Waals surface area contributed by atoms with Gasteiger partial charge in [-0.2, -0.15) is 0 Å². The van der Waals surface area contributed by atoms with Crippen molar-refractivity contribution in [2.75, 3.05) is 0 Å². The van der Waals surface area contributed by atoms with Crippen LogP contribution in [0.3, 0.4) is 0 Å². The van der Waals surface area contributed by atoms with Crippen LogP contribution in [0, 0.1) is 22.3 Å². The molecule has 0 amide bonds. The van der Waals surface area contributed by atoms with Gasteiger partial charge in [0.15, 0.2) is 0 Å². The van der Waals surface area contributed by atoms with Crippen molar-refractivity contribution in [1.29, 1.82) is 0 Å². The third-order valence-electron chi connectivity index (χ3n) is 4.17. The maximum atomic E-state index is 4.57. The fraction of sp³-hybridized carbons (Fsp3) is 0.833. The van der Waals surface area contributed by atoms with Crippen molar-refractivity contribution >= 4 is 57.6 Å². The van der Waals surface area contributed by atoms with Gasteiger partial charge in [0, 0.05) is 49.0 Å². The molecule has 0 aliphatic heterocycles. The Balaban J connectivity index is -0.0000000200. The maximum absolute atomic E-state index is 4.57. The first-order valence-corrected chi connectivity index (χ1v) is 20.7. The monoisotopic (exact) mass is 1000 g/mol. The topological polar surface area (TPSA) is 49.4 Å². The van der Waals surface area contributed by atoms with Crippen molar-refractivity contribution in [3.8, 4) is 0 Å². The molecule has 0 aromatic carbocycles. The molecule has 0 saturated heterocycles. The molecular weight excluding hydrogens is 902 g/mol. The Morgan fingerprint density at radius 2 is 0.451 bits per heavy atom. The number of rotatable bonds is 6. The fourth-order valence-electron chi connectivity index (χ4n) is 2.61. The first-order valence-electron chi connectivity index (χ1n) is 18.5. The van der Waals surface area contributed by atoms with Gasteiger partial charge in [0.2, 0.25) is 0 Å². The van der Waals surface area contributed by atoms with Crippen molar-refractivity contribution in [2.24, 2.45) is 20.0 Å². The normalized spacial score (nSPS) is 10.6. The van der Waals surface area contributed by atoms with Crippen LogP contribution < -0.4 is 17.0 Å². The van der Waals surface area contributed by atoms with E-state index in [0.29, 0.717) is 24.2 Å². The summed E-state index contributed by atoms with van der Waals surface area (Å²) in [6.45, 7) is 40.3. The summed E-state index contributed by atoms with van der Waals surface area (Å²) in [5.41, 5.74) is 0. The summed E-state index contributed by atoms with van der Waals surface area (Å²) in [5.74, 6) is 0. The zero-order valence-corrected chi connectivity index (χ0v) is 45.9. The Bertz CT molecular complexity index is 385. The summed E-state index contributed by atoms with van der Waals surface area (Å²) in [7, 11) is 4.57. The minimum atomic E-state index is 0. The van der Waals surface area contributed by atoms with E-state index < -0.39 is 0 Å². The van der Waals surface area contributed by atoms with Gasteiger partial charge >= 0.3 is 69.5 Å². The van der Waals surface area contributed by atoms with Gasteiger partial charge < -0.3 is 39.3 Å². The van der Waals surface area contributed by atoms with E-state index in [1.165, 1.54) is 64.2 Å². The first kappa shape index (κ1) is 105. The number of hydrogen-bond donors (Lipinski definition) is 0. The molecule has 2 rings (SSSR count). The summed E-state index contributed by atoms with van der Waals surface area (Å²) in [5, 5.41) is 0. The van der Waals surface area contributed by atoms with E-state index in [1.54, 1.807) is 24.9 Å². The van der Waals surface area contributed by atoms with Crippen LogP contribution in [0.1, 0.15) is 210 Å². The third kappa shape index (κ3) is 194. The van der Waals surface area contributed by atoms with E-state index in [2.05, 4.69) is 29.7 Å². The molecule has 2 fully saturated rings. The van der Waals surface area contributed by atoms with Crippen molar-refractivity contribution in [2.45, 2.75) is 234 Å². The third-order valence-corrected chi connectivity index (χ3v) is 4.17. The van der Waals surface area contributed by atoms with Gasteiger partial charge in [-0.3, -0.25) is 20.0 Å². The summed E-state index contributed by atoms with van der Waals surface area (Å²) in [6, 6.07) is 1.49. The maximum Gasteiger partial charge on any atom is 2.00 e. The van der Waals surface area contributed by atoms with Gasteiger partial charge in [0.1, 0.15) is 0 Å². The Hall–Kier alpha value is 1.46. The van der Waals surface area contributed by atoms with Gasteiger partial charge in [-0.15, -0.1) is 0 Å². The summed E-state index contributed by atoms with van der Waals surface area (Å²) < 4.78 is 0. The molecule has 0 N–H and O–H groups in total. The predicted octanol–water partition coefficient (Wildman–Crippen LogP) is 13.2. The van der Waals surface area contributed by atoms with Crippen LogP contribution in [-0.4, -0.2) is 72.1 Å². The van der Waals surface area contributed by atoms with Gasteiger partial charge in [-0.05, 0) is 55.4 Å². The molecule has 0 unspecified atom stereocenters. The van der Waals surface area contributed by atoms with Crippen LogP contribution in [0.2, 0.25) is 0 Å². The standard InChI is InChI=1S/2C8H16N2.2C5H10.6C2H6.CH4.3CH3.BrH.ClH.Mg.2Ru/c2*1-7(2)9-5-6-10-8(3)4;2*1-2-4-5-3-1;6*1-2;;;;;;;;;/h2*5-8H,1-4H3;2*1-5H2;6*1-2H3;1H4;3*1H3;2*1H;;;/q;;;;;;;;;;;3*-1;;;+2;+1;+2/p-2. The zero-order chi connectivity index (χ0) is 37.0. The first-order chi connectivity index (χ1) is 21.3. The Morgan fingerprint density at radius 1 is 0.373 bits per heavy atom. The van der Waals surface area contributed by atoms with Crippen LogP contribution in [-0.2, 0) is 36.8 Å². The summed E-state index contributed by atoms with van der Waals surface area (Å²) >= 11 is 1.82. The molecule has 51 heavy (non-hydrogen) atoms. The second kappa shape index (κ2) is 132. The number of hydrogen-bond acceptors (Lipinski definition) is 4. The molecule has 0 spiro atoms. The Morgan fingerprint density at radius 3 is 0.510 bits per heavy atom. The van der Waals surface area contributed by atoms with E-state index in [4.69, 9.17) is 0 Å². The van der Waals surface area contributed by atoms with Gasteiger partial charge in [-0.25, -0.2) is 0 Å². The van der Waals surface area contributed by atoms with E-state index in [1.807, 2.05) is 156 Å². The largest absolute Gasteiger partial charge is 2.00 e. The molecule has 0 bridgehead atoms. The van der Waals surface area contributed by atoms with Crippen LogP contribution in [0.15, 0.2) is 20.0 Å². The molecule has 0 aromatic rings. The molecule has 0 aromatic heterocycles. The van der Waals surface area contributed by atoms with Crippen LogP contribution >= 0.6 is 9.69 Å². The SMILES string of the molecule is C.C1CCCC1.C1CCCC1.CC.CC.CC.CC.CC.CC.CC(C)N=CC=NC(C)C.CC(C)N=CC=NC(C)C.[Br-].[CH3-].[CH3-].[CH3-].[Cl][Ru+].[Mg+2].[Ru+]. The molecule has 2 aliphatic rings. The number of halogens is 2. The molecule has 321 valence electrons. The molecule has 2 aliphatic carbocycles. The van der Waals surface area contributed by atoms with Gasteiger partial charge in [0.05, 0.1) is 0 Å². The second-order valence-electron chi connectivity index (χ2n) is 9.10. The summed E-state index contributed by atoms with van der Waals surface area (Å²) in [4.78, 5) is 16.5. The number of nitrogens with zero attached hydrogens (tertiary/aromatic N) is 4. The Kier molecular flexibility index (Phi) is 271. The molecule has 1 radical (unpaired) electrons. The van der Waals surface area contributed by atoms with Gasteiger partial charge in [-0.1, -0.05) is 155 Å². The number of aliphatic imine (C=N–C) groups is 4. The molecule has 9 heteroatoms. The smallest absolute Gasteiger partial charge is 1.00 e. The van der Waals surface area contributed by atoms with Crippen molar-refractivity contribution in [3.05, 3.63) is 22.3 Å². The van der Waals surface area contributed by atoms with Gasteiger partial charge in [0.25, 0.3) is 0 Å². The molecule has 2 saturated carbocycles. The summed E-state index contributed by atoms with van der Waals surface area (Å²) in [6.07, 6.45) is 22.0. The zero-order valence-electron chi connectivity index (χ0n) is 38.6. The van der Waals surface area contributed by atoms with Crippen molar-refractivity contribution in [3.63, 3.8) is 0 Å². The predicted molar refractivity (Wildman–Crippen MR) is 246 cm³/mol. The van der Waals surface area contributed by atoms with E-state index >= 15 is 0 Å². The molecule has 0 heterocycles. The van der Waals surface area contributed by atoms with Crippen LogP contribution in [0.4, 0.5) is 0 Å². The van der Waals surface area contributed by atoms with E-state index in [0.717, 1.165) is 0 Å². The minimum absolute atomic E-state index is 0. The molecule has 4 nitrogen and oxygen atoms in total. The average Bonchev–Trinajstić information content (AvgIpc) is 3.85. The fourth-order valence-corrected chi connectivity index (χ4v) is 2.61. The van der Waals surface area contributed by atoms with Crippen LogP contribution in [0.5, 0.6) is 0 Å². The molecular formula is C42H101BrClMgN4Ru2. The second-order valence-corrected chi connectivity index (χ2v) is 9.10. The van der Waals surface area contributed by atoms with Crippen molar-refractivity contribution in [1.82, 2.24) is 0 Å². The van der Waals surface area contributed by atoms with Crippen LogP contribution in [0.25, 0.3) is 0 Å². The Labute approximate surface area is 384 Å². The average molecular weight is 1000 g/mol. The quantitative estimate of drug-likeness (QED) is 0.145. The van der Waals surface area contributed by atoms with E-state index in [-0.39, 0.29) is 89.2 Å².